The van der Waals surface area contributed by atoms with Crippen molar-refractivity contribution in [2.24, 2.45) is 5.92 Å². The Bertz CT molecular complexity index is 1090. The standard InChI is InChI=1S/C22H28N2O5S2/c1-18-12-15-24(16-13-18)31(28,29)21-10-8-19(9-11-21)22(25)23-14-5-17-30(26,27)20-6-3-2-4-7-20/h2-4,6-11,18H,5,12-17H2,1H3,(H,23,25). The van der Waals surface area contributed by atoms with Gasteiger partial charge in [-0.15, -0.1) is 0 Å². The van der Waals surface area contributed by atoms with Crippen LogP contribution in [0.2, 0.25) is 0 Å². The Hall–Kier alpha value is -2.23. The lowest BCUT2D eigenvalue weighted by Gasteiger charge is -2.29. The first-order valence-electron chi connectivity index (χ1n) is 10.4. The Morgan fingerprint density at radius 1 is 0.935 bits per heavy atom. The first-order valence-corrected chi connectivity index (χ1v) is 13.5. The summed E-state index contributed by atoms with van der Waals surface area (Å²) in [6, 6.07) is 14.1. The molecule has 0 aromatic heterocycles. The summed E-state index contributed by atoms with van der Waals surface area (Å²) < 4.78 is 51.5. The molecule has 2 aromatic rings. The van der Waals surface area contributed by atoms with Crippen LogP contribution in [-0.4, -0.2) is 52.4 Å². The molecular formula is C22H28N2O5S2. The van der Waals surface area contributed by atoms with Crippen LogP contribution in [-0.2, 0) is 19.9 Å². The fourth-order valence-electron chi connectivity index (χ4n) is 3.46. The summed E-state index contributed by atoms with van der Waals surface area (Å²) in [4.78, 5) is 12.8. The smallest absolute Gasteiger partial charge is 0.251 e. The number of carbonyl (C=O) groups is 1. The van der Waals surface area contributed by atoms with Gasteiger partial charge in [-0.3, -0.25) is 4.79 Å². The molecule has 2 aromatic carbocycles. The van der Waals surface area contributed by atoms with Crippen LogP contribution < -0.4 is 5.32 Å². The summed E-state index contributed by atoms with van der Waals surface area (Å²) in [5.41, 5.74) is 0.331. The molecule has 31 heavy (non-hydrogen) atoms. The minimum atomic E-state index is -3.56. The molecule has 0 radical (unpaired) electrons. The third kappa shape index (κ3) is 5.93. The number of sulfonamides is 1. The van der Waals surface area contributed by atoms with Gasteiger partial charge in [-0.2, -0.15) is 4.31 Å². The monoisotopic (exact) mass is 464 g/mol. The van der Waals surface area contributed by atoms with Gasteiger partial charge in [0.05, 0.1) is 15.5 Å². The number of benzene rings is 2. The largest absolute Gasteiger partial charge is 0.352 e. The van der Waals surface area contributed by atoms with E-state index in [1.807, 2.05) is 0 Å². The molecule has 1 amide bonds. The zero-order valence-electron chi connectivity index (χ0n) is 17.5. The molecule has 7 nitrogen and oxygen atoms in total. The second-order valence-electron chi connectivity index (χ2n) is 7.85. The highest BCUT2D eigenvalue weighted by atomic mass is 32.2. The van der Waals surface area contributed by atoms with E-state index in [4.69, 9.17) is 0 Å². The highest BCUT2D eigenvalue weighted by Gasteiger charge is 2.28. The van der Waals surface area contributed by atoms with Gasteiger partial charge in [0.2, 0.25) is 10.0 Å². The molecule has 1 heterocycles. The van der Waals surface area contributed by atoms with E-state index in [-0.39, 0.29) is 34.4 Å². The number of piperidine rings is 1. The second-order valence-corrected chi connectivity index (χ2v) is 11.9. The number of nitrogens with one attached hydrogen (secondary N) is 1. The molecule has 0 spiro atoms. The quantitative estimate of drug-likeness (QED) is 0.606. The molecule has 0 atom stereocenters. The first-order chi connectivity index (χ1) is 14.7. The topological polar surface area (TPSA) is 101 Å². The molecule has 3 rings (SSSR count). The van der Waals surface area contributed by atoms with Gasteiger partial charge in [0.25, 0.3) is 5.91 Å². The third-order valence-corrected chi connectivity index (χ3v) is 9.20. The minimum absolute atomic E-state index is 0.0665. The summed E-state index contributed by atoms with van der Waals surface area (Å²) >= 11 is 0. The second kappa shape index (κ2) is 9.93. The van der Waals surface area contributed by atoms with Crippen molar-refractivity contribution >= 4 is 25.8 Å². The average Bonchev–Trinajstić information content (AvgIpc) is 2.77. The van der Waals surface area contributed by atoms with Crippen molar-refractivity contribution in [3.63, 3.8) is 0 Å². The van der Waals surface area contributed by atoms with Crippen LogP contribution in [0, 0.1) is 5.92 Å². The molecule has 9 heteroatoms. The maximum absolute atomic E-state index is 12.8. The molecule has 1 aliphatic rings. The number of nitrogens with zero attached hydrogens (tertiary/aromatic N) is 1. The molecule has 0 bridgehead atoms. The van der Waals surface area contributed by atoms with E-state index in [2.05, 4.69) is 12.2 Å². The zero-order valence-corrected chi connectivity index (χ0v) is 19.2. The van der Waals surface area contributed by atoms with Crippen molar-refractivity contribution in [3.05, 3.63) is 60.2 Å². The number of rotatable bonds is 8. The van der Waals surface area contributed by atoms with Crippen LogP contribution in [0.5, 0.6) is 0 Å². The summed E-state index contributed by atoms with van der Waals surface area (Å²) in [7, 11) is -6.94. The number of amides is 1. The first kappa shape index (κ1) is 23.4. The van der Waals surface area contributed by atoms with Crippen LogP contribution in [0.15, 0.2) is 64.4 Å². The van der Waals surface area contributed by atoms with Crippen molar-refractivity contribution in [2.45, 2.75) is 36.0 Å². The third-order valence-electron chi connectivity index (χ3n) is 5.47. The Labute approximate surface area is 184 Å². The van der Waals surface area contributed by atoms with Crippen molar-refractivity contribution < 1.29 is 21.6 Å². The van der Waals surface area contributed by atoms with Gasteiger partial charge in [-0.05, 0) is 61.6 Å². The van der Waals surface area contributed by atoms with Crippen molar-refractivity contribution in [1.29, 1.82) is 0 Å². The highest BCUT2D eigenvalue weighted by molar-refractivity contribution is 7.91. The van der Waals surface area contributed by atoms with Gasteiger partial charge in [-0.1, -0.05) is 25.1 Å². The molecule has 168 valence electrons. The number of hydrogen-bond acceptors (Lipinski definition) is 5. The maximum Gasteiger partial charge on any atom is 0.251 e. The fraction of sp³-hybridized carbons (Fsp3) is 0.409. The highest BCUT2D eigenvalue weighted by Crippen LogP contribution is 2.23. The molecular weight excluding hydrogens is 436 g/mol. The Kier molecular flexibility index (Phi) is 7.51. The lowest BCUT2D eigenvalue weighted by atomic mass is 10.0. The van der Waals surface area contributed by atoms with Crippen LogP contribution in [0.4, 0.5) is 0 Å². The van der Waals surface area contributed by atoms with E-state index in [9.17, 15) is 21.6 Å². The van der Waals surface area contributed by atoms with Gasteiger partial charge in [0, 0.05) is 25.2 Å². The Morgan fingerprint density at radius 2 is 1.55 bits per heavy atom. The Balaban J connectivity index is 1.52. The summed E-state index contributed by atoms with van der Waals surface area (Å²) in [6.07, 6.45) is 1.97. The summed E-state index contributed by atoms with van der Waals surface area (Å²) in [5, 5.41) is 2.69. The van der Waals surface area contributed by atoms with Crippen LogP contribution >= 0.6 is 0 Å². The van der Waals surface area contributed by atoms with Crippen molar-refractivity contribution in [1.82, 2.24) is 9.62 Å². The lowest BCUT2D eigenvalue weighted by molar-refractivity contribution is 0.0953. The predicted octanol–water partition coefficient (Wildman–Crippen LogP) is 2.70. The van der Waals surface area contributed by atoms with Gasteiger partial charge >= 0.3 is 0 Å². The van der Waals surface area contributed by atoms with Gasteiger partial charge < -0.3 is 5.32 Å². The molecule has 1 saturated heterocycles. The molecule has 1 fully saturated rings. The van der Waals surface area contributed by atoms with Crippen LogP contribution in [0.3, 0.4) is 0 Å². The van der Waals surface area contributed by atoms with E-state index in [0.717, 1.165) is 12.8 Å². The van der Waals surface area contributed by atoms with Crippen LogP contribution in [0.1, 0.15) is 36.5 Å². The molecule has 0 aliphatic carbocycles. The molecule has 0 saturated carbocycles. The number of hydrogen-bond donors (Lipinski definition) is 1. The van der Waals surface area contributed by atoms with E-state index in [1.54, 1.807) is 30.3 Å². The van der Waals surface area contributed by atoms with E-state index >= 15 is 0 Å². The minimum Gasteiger partial charge on any atom is -0.352 e. The van der Waals surface area contributed by atoms with Gasteiger partial charge in [0.15, 0.2) is 9.84 Å². The van der Waals surface area contributed by atoms with E-state index in [0.29, 0.717) is 24.6 Å². The predicted molar refractivity (Wildman–Crippen MR) is 119 cm³/mol. The molecule has 0 unspecified atom stereocenters. The molecule has 1 aliphatic heterocycles. The van der Waals surface area contributed by atoms with Crippen molar-refractivity contribution in [2.75, 3.05) is 25.4 Å². The maximum atomic E-state index is 12.8. The van der Waals surface area contributed by atoms with Gasteiger partial charge in [-0.25, -0.2) is 16.8 Å². The Morgan fingerprint density at radius 3 is 2.16 bits per heavy atom. The number of sulfone groups is 1. The fourth-order valence-corrected chi connectivity index (χ4v) is 6.27. The average molecular weight is 465 g/mol. The van der Waals surface area contributed by atoms with E-state index < -0.39 is 19.9 Å². The summed E-state index contributed by atoms with van der Waals surface area (Å²) in [6.45, 7) is 3.35. The van der Waals surface area contributed by atoms with Gasteiger partial charge in [0.1, 0.15) is 0 Å². The normalized spacial score (nSPS) is 16.2. The SMILES string of the molecule is CC1CCN(S(=O)(=O)c2ccc(C(=O)NCCCS(=O)(=O)c3ccccc3)cc2)CC1. The summed E-state index contributed by atoms with van der Waals surface area (Å²) in [5.74, 6) is 0.0937. The van der Waals surface area contributed by atoms with Crippen molar-refractivity contribution in [3.8, 4) is 0 Å². The van der Waals surface area contributed by atoms with E-state index in [1.165, 1.54) is 28.6 Å². The lowest BCUT2D eigenvalue weighted by Crippen LogP contribution is -2.37. The molecule has 1 N–H and O–H groups in total. The zero-order chi connectivity index (χ0) is 22.5. The number of carbonyl (C=O) groups excluding carboxylic acids is 1. The van der Waals surface area contributed by atoms with Crippen LogP contribution in [0.25, 0.3) is 0 Å².